The van der Waals surface area contributed by atoms with Crippen LogP contribution in [0.4, 0.5) is 26.2 Å². The fraction of sp³-hybridized carbons (Fsp3) is 0. The highest BCUT2D eigenvalue weighted by Crippen LogP contribution is 2.28. The van der Waals surface area contributed by atoms with Crippen LogP contribution in [-0.2, 0) is 0 Å². The van der Waals surface area contributed by atoms with Gasteiger partial charge in [0.15, 0.2) is 5.58 Å². The van der Waals surface area contributed by atoms with Crippen LogP contribution in [-0.4, -0.2) is 4.98 Å². The molecule has 0 saturated carbocycles. The van der Waals surface area contributed by atoms with Crippen LogP contribution in [0.2, 0.25) is 0 Å². The van der Waals surface area contributed by atoms with Crippen molar-refractivity contribution in [3.63, 3.8) is 0 Å². The normalized spacial score (nSPS) is 10.9. The number of halogens is 3. The second-order valence-electron chi connectivity index (χ2n) is 4.12. The summed E-state index contributed by atoms with van der Waals surface area (Å²) in [5.74, 6) is -1.21. The average Bonchev–Trinajstić information content (AvgIpc) is 2.77. The summed E-state index contributed by atoms with van der Waals surface area (Å²) in [5, 5.41) is 2.59. The molecular formula is C13H8BrF2N3O. The van der Waals surface area contributed by atoms with E-state index in [2.05, 4.69) is 26.2 Å². The van der Waals surface area contributed by atoms with Gasteiger partial charge < -0.3 is 15.5 Å². The summed E-state index contributed by atoms with van der Waals surface area (Å²) in [5.41, 5.74) is 7.12. The van der Waals surface area contributed by atoms with E-state index in [0.717, 1.165) is 12.1 Å². The second-order valence-corrected chi connectivity index (χ2v) is 4.97. The Bertz CT molecular complexity index is 804. The number of oxazole rings is 1. The van der Waals surface area contributed by atoms with Gasteiger partial charge in [0.25, 0.3) is 6.01 Å². The van der Waals surface area contributed by atoms with Gasteiger partial charge in [-0.25, -0.2) is 8.78 Å². The molecule has 7 heteroatoms. The van der Waals surface area contributed by atoms with Crippen molar-refractivity contribution >= 4 is 44.4 Å². The van der Waals surface area contributed by atoms with E-state index < -0.39 is 11.6 Å². The lowest BCUT2D eigenvalue weighted by Crippen LogP contribution is -1.95. The molecule has 0 unspecified atom stereocenters. The van der Waals surface area contributed by atoms with Crippen LogP contribution in [0.1, 0.15) is 0 Å². The van der Waals surface area contributed by atoms with Gasteiger partial charge in [-0.1, -0.05) is 0 Å². The molecule has 0 atom stereocenters. The van der Waals surface area contributed by atoms with Crippen LogP contribution in [0.15, 0.2) is 39.2 Å². The summed E-state index contributed by atoms with van der Waals surface area (Å²) in [6.45, 7) is 0. The fourth-order valence-electron chi connectivity index (χ4n) is 1.73. The Morgan fingerprint density at radius 3 is 2.75 bits per heavy atom. The Kier molecular flexibility index (Phi) is 3.06. The lowest BCUT2D eigenvalue weighted by atomic mass is 10.3. The summed E-state index contributed by atoms with van der Waals surface area (Å²) in [4.78, 5) is 4.11. The Morgan fingerprint density at radius 2 is 1.95 bits per heavy atom. The number of nitrogens with one attached hydrogen (secondary N) is 1. The minimum atomic E-state index is -0.625. The number of rotatable bonds is 2. The predicted molar refractivity (Wildman–Crippen MR) is 75.8 cm³/mol. The first kappa shape index (κ1) is 12.9. The molecular weight excluding hydrogens is 332 g/mol. The molecule has 3 N–H and O–H groups in total. The largest absolute Gasteiger partial charge is 0.423 e. The van der Waals surface area contributed by atoms with Gasteiger partial charge in [0, 0.05) is 17.8 Å². The third kappa shape index (κ3) is 2.32. The van der Waals surface area contributed by atoms with Gasteiger partial charge in [-0.2, -0.15) is 4.98 Å². The maximum atomic E-state index is 13.7. The van der Waals surface area contributed by atoms with Crippen molar-refractivity contribution in [2.75, 3.05) is 11.1 Å². The Hall–Kier alpha value is -2.15. The zero-order valence-electron chi connectivity index (χ0n) is 9.95. The Labute approximate surface area is 120 Å². The molecule has 0 amide bonds. The fourth-order valence-corrected chi connectivity index (χ4v) is 2.04. The molecule has 4 nitrogen and oxygen atoms in total. The molecule has 0 aliphatic heterocycles. The quantitative estimate of drug-likeness (QED) is 0.542. The number of aromatic nitrogens is 1. The monoisotopic (exact) mass is 339 g/mol. The number of benzene rings is 2. The minimum Gasteiger partial charge on any atom is -0.423 e. The zero-order chi connectivity index (χ0) is 14.3. The van der Waals surface area contributed by atoms with Gasteiger partial charge in [0.05, 0.1) is 10.2 Å². The van der Waals surface area contributed by atoms with E-state index in [-0.39, 0.29) is 16.2 Å². The zero-order valence-corrected chi connectivity index (χ0v) is 11.5. The number of nitrogens with zero attached hydrogens (tertiary/aromatic N) is 1. The molecule has 0 bridgehead atoms. The number of hydrogen-bond donors (Lipinski definition) is 2. The SMILES string of the molecule is Nc1ccc2nc(Nc3cc(F)c(Br)cc3F)oc2c1. The molecule has 1 aromatic heterocycles. The molecule has 3 rings (SSSR count). The summed E-state index contributed by atoms with van der Waals surface area (Å²) in [7, 11) is 0. The number of nitrogens with two attached hydrogens (primary N) is 1. The summed E-state index contributed by atoms with van der Waals surface area (Å²) < 4.78 is 32.5. The van der Waals surface area contributed by atoms with Crippen LogP contribution in [0.25, 0.3) is 11.1 Å². The Balaban J connectivity index is 1.99. The maximum Gasteiger partial charge on any atom is 0.300 e. The van der Waals surface area contributed by atoms with Crippen LogP contribution >= 0.6 is 15.9 Å². The van der Waals surface area contributed by atoms with Crippen molar-refractivity contribution in [1.82, 2.24) is 4.98 Å². The van der Waals surface area contributed by atoms with Crippen LogP contribution < -0.4 is 11.1 Å². The highest BCUT2D eigenvalue weighted by atomic mass is 79.9. The van der Waals surface area contributed by atoms with Gasteiger partial charge >= 0.3 is 0 Å². The highest BCUT2D eigenvalue weighted by molar-refractivity contribution is 9.10. The molecule has 0 fully saturated rings. The van der Waals surface area contributed by atoms with E-state index in [9.17, 15) is 8.78 Å². The minimum absolute atomic E-state index is 0.0471. The first-order valence-corrected chi connectivity index (χ1v) is 6.40. The van der Waals surface area contributed by atoms with E-state index in [0.29, 0.717) is 16.8 Å². The standard InChI is InChI=1S/C13H8BrF2N3O/c14-7-4-9(16)11(5-8(7)15)19-13-18-10-2-1-6(17)3-12(10)20-13/h1-5H,17H2,(H,18,19). The highest BCUT2D eigenvalue weighted by Gasteiger charge is 2.12. The summed E-state index contributed by atoms with van der Waals surface area (Å²) in [6, 6.07) is 7.06. The van der Waals surface area contributed by atoms with E-state index >= 15 is 0 Å². The van der Waals surface area contributed by atoms with Gasteiger partial charge in [0.2, 0.25) is 0 Å². The van der Waals surface area contributed by atoms with Crippen molar-refractivity contribution in [2.45, 2.75) is 0 Å². The van der Waals surface area contributed by atoms with Gasteiger partial charge in [-0.3, -0.25) is 0 Å². The van der Waals surface area contributed by atoms with Crippen LogP contribution in [0.3, 0.4) is 0 Å². The summed E-state index contributed by atoms with van der Waals surface area (Å²) in [6.07, 6.45) is 0. The molecule has 2 aromatic carbocycles. The number of anilines is 3. The molecule has 3 aromatic rings. The molecule has 20 heavy (non-hydrogen) atoms. The number of fused-ring (bicyclic) bond motifs is 1. The third-order valence-corrected chi connectivity index (χ3v) is 3.27. The summed E-state index contributed by atoms with van der Waals surface area (Å²) >= 11 is 2.91. The lowest BCUT2D eigenvalue weighted by molar-refractivity contribution is 0.592. The van der Waals surface area contributed by atoms with E-state index in [1.807, 2.05) is 0 Å². The lowest BCUT2D eigenvalue weighted by Gasteiger charge is -2.04. The second kappa shape index (κ2) is 4.75. The first-order valence-electron chi connectivity index (χ1n) is 5.60. The van der Waals surface area contributed by atoms with Crippen molar-refractivity contribution < 1.29 is 13.2 Å². The van der Waals surface area contributed by atoms with Gasteiger partial charge in [-0.15, -0.1) is 0 Å². The van der Waals surface area contributed by atoms with E-state index in [1.165, 1.54) is 0 Å². The van der Waals surface area contributed by atoms with Crippen LogP contribution in [0.5, 0.6) is 0 Å². The van der Waals surface area contributed by atoms with Gasteiger partial charge in [-0.05, 0) is 34.1 Å². The molecule has 0 spiro atoms. The van der Waals surface area contributed by atoms with E-state index in [1.54, 1.807) is 18.2 Å². The van der Waals surface area contributed by atoms with Crippen molar-refractivity contribution in [2.24, 2.45) is 0 Å². The molecule has 0 aliphatic carbocycles. The molecule has 1 heterocycles. The Morgan fingerprint density at radius 1 is 1.15 bits per heavy atom. The predicted octanol–water partition coefficient (Wildman–Crippen LogP) is 4.19. The molecule has 0 aliphatic rings. The van der Waals surface area contributed by atoms with Crippen molar-refractivity contribution in [3.05, 3.63) is 46.4 Å². The average molecular weight is 340 g/mol. The van der Waals surface area contributed by atoms with Crippen LogP contribution in [0, 0.1) is 11.6 Å². The number of hydrogen-bond acceptors (Lipinski definition) is 4. The topological polar surface area (TPSA) is 64.1 Å². The third-order valence-electron chi connectivity index (χ3n) is 2.66. The molecule has 0 radical (unpaired) electrons. The molecule has 0 saturated heterocycles. The van der Waals surface area contributed by atoms with E-state index in [4.69, 9.17) is 10.2 Å². The smallest absolute Gasteiger partial charge is 0.300 e. The van der Waals surface area contributed by atoms with Gasteiger partial charge in [0.1, 0.15) is 17.2 Å². The van der Waals surface area contributed by atoms with Crippen molar-refractivity contribution in [1.29, 1.82) is 0 Å². The number of nitrogen functional groups attached to an aromatic ring is 1. The maximum absolute atomic E-state index is 13.7. The first-order chi connectivity index (χ1) is 9.52. The molecule has 102 valence electrons. The van der Waals surface area contributed by atoms with Crippen molar-refractivity contribution in [3.8, 4) is 0 Å².